The second-order valence-electron chi connectivity index (χ2n) is 5.73. The largest absolute Gasteiger partial charge is 0.409 e. The summed E-state index contributed by atoms with van der Waals surface area (Å²) in [5.74, 6) is 1.07. The first-order valence-electron chi connectivity index (χ1n) is 7.46. The minimum absolute atomic E-state index is 0.162. The minimum Gasteiger partial charge on any atom is -0.409 e. The van der Waals surface area contributed by atoms with Crippen molar-refractivity contribution in [2.75, 3.05) is 11.9 Å². The molecular formula is C16H25N3O. The van der Waals surface area contributed by atoms with Gasteiger partial charge in [-0.25, -0.2) is 0 Å². The molecule has 0 radical (unpaired) electrons. The zero-order valence-electron chi connectivity index (χ0n) is 12.4. The highest BCUT2D eigenvalue weighted by Crippen LogP contribution is 2.31. The van der Waals surface area contributed by atoms with Gasteiger partial charge < -0.3 is 15.8 Å². The van der Waals surface area contributed by atoms with Gasteiger partial charge in [0.2, 0.25) is 0 Å². The lowest BCUT2D eigenvalue weighted by molar-refractivity contribution is 0.313. The Morgan fingerprint density at radius 2 is 2.05 bits per heavy atom. The number of rotatable bonds is 4. The number of anilines is 1. The van der Waals surface area contributed by atoms with E-state index in [1.165, 1.54) is 32.1 Å². The van der Waals surface area contributed by atoms with Gasteiger partial charge in [0.1, 0.15) is 0 Å². The number of nitrogens with zero attached hydrogens (tertiary/aromatic N) is 2. The summed E-state index contributed by atoms with van der Waals surface area (Å²) in [4.78, 5) is 2.33. The van der Waals surface area contributed by atoms with Crippen LogP contribution in [0.5, 0.6) is 0 Å². The third-order valence-electron chi connectivity index (χ3n) is 4.60. The lowest BCUT2D eigenvalue weighted by Gasteiger charge is -2.36. The first-order valence-corrected chi connectivity index (χ1v) is 7.46. The van der Waals surface area contributed by atoms with E-state index < -0.39 is 0 Å². The topological polar surface area (TPSA) is 61.8 Å². The van der Waals surface area contributed by atoms with Crippen LogP contribution in [-0.4, -0.2) is 24.1 Å². The summed E-state index contributed by atoms with van der Waals surface area (Å²) in [5.41, 5.74) is 7.56. The van der Waals surface area contributed by atoms with E-state index in [0.717, 1.165) is 17.2 Å². The van der Waals surface area contributed by atoms with Gasteiger partial charge in [-0.05, 0) is 43.7 Å². The fourth-order valence-corrected chi connectivity index (χ4v) is 3.09. The molecule has 0 aromatic heterocycles. The van der Waals surface area contributed by atoms with Crippen molar-refractivity contribution in [3.63, 3.8) is 0 Å². The van der Waals surface area contributed by atoms with Crippen molar-refractivity contribution in [3.05, 3.63) is 29.8 Å². The molecule has 3 N–H and O–H groups in total. The van der Waals surface area contributed by atoms with Crippen LogP contribution >= 0.6 is 0 Å². The third-order valence-corrected chi connectivity index (χ3v) is 4.60. The molecule has 0 spiro atoms. The van der Waals surface area contributed by atoms with Crippen molar-refractivity contribution in [2.45, 2.75) is 45.1 Å². The molecule has 2 rings (SSSR count). The first kappa shape index (κ1) is 14.7. The van der Waals surface area contributed by atoms with Gasteiger partial charge in [0.05, 0.1) is 0 Å². The van der Waals surface area contributed by atoms with Crippen molar-refractivity contribution in [2.24, 2.45) is 16.8 Å². The average molecular weight is 275 g/mol. The molecule has 0 unspecified atom stereocenters. The molecule has 4 nitrogen and oxygen atoms in total. The van der Waals surface area contributed by atoms with Crippen LogP contribution in [0.4, 0.5) is 5.69 Å². The van der Waals surface area contributed by atoms with Gasteiger partial charge in [0.25, 0.3) is 0 Å². The lowest BCUT2D eigenvalue weighted by Crippen LogP contribution is -2.35. The standard InChI is InChI=1S/C16H25N3O/c1-3-12-7-9-14(10-8-12)19(2)15-6-4-5-13(11-15)16(17)18-20/h4-6,11-12,14,20H,3,7-10H2,1-2H3,(H2,17,18). The number of amidine groups is 1. The van der Waals surface area contributed by atoms with Crippen LogP contribution in [0.1, 0.15) is 44.6 Å². The van der Waals surface area contributed by atoms with Gasteiger partial charge >= 0.3 is 0 Å². The van der Waals surface area contributed by atoms with E-state index in [1.807, 2.05) is 18.2 Å². The lowest BCUT2D eigenvalue weighted by atomic mass is 9.84. The summed E-state index contributed by atoms with van der Waals surface area (Å²) < 4.78 is 0. The summed E-state index contributed by atoms with van der Waals surface area (Å²) in [5, 5.41) is 11.8. The van der Waals surface area contributed by atoms with Gasteiger partial charge in [0.15, 0.2) is 5.84 Å². The Balaban J connectivity index is 2.08. The maximum atomic E-state index is 8.77. The Bertz CT molecular complexity index is 465. The molecule has 0 saturated heterocycles. The highest BCUT2D eigenvalue weighted by molar-refractivity contribution is 5.97. The number of benzene rings is 1. The third kappa shape index (κ3) is 3.24. The molecule has 1 saturated carbocycles. The van der Waals surface area contributed by atoms with Gasteiger partial charge in [-0.2, -0.15) is 0 Å². The molecule has 1 fully saturated rings. The van der Waals surface area contributed by atoms with E-state index in [4.69, 9.17) is 10.9 Å². The van der Waals surface area contributed by atoms with Crippen LogP contribution in [0.2, 0.25) is 0 Å². The van der Waals surface area contributed by atoms with Crippen LogP contribution in [0.3, 0.4) is 0 Å². The summed E-state index contributed by atoms with van der Waals surface area (Å²) in [6.45, 7) is 2.29. The maximum absolute atomic E-state index is 8.77. The smallest absolute Gasteiger partial charge is 0.170 e. The van der Waals surface area contributed by atoms with E-state index in [1.54, 1.807) is 0 Å². The molecule has 1 aromatic carbocycles. The van der Waals surface area contributed by atoms with Gasteiger partial charge in [-0.1, -0.05) is 30.6 Å². The Morgan fingerprint density at radius 1 is 1.35 bits per heavy atom. The number of hydrogen-bond acceptors (Lipinski definition) is 3. The zero-order valence-corrected chi connectivity index (χ0v) is 12.4. The summed E-state index contributed by atoms with van der Waals surface area (Å²) in [6, 6.07) is 8.48. The van der Waals surface area contributed by atoms with Crippen molar-refractivity contribution in [1.82, 2.24) is 0 Å². The molecule has 0 heterocycles. The Labute approximate surface area is 121 Å². The van der Waals surface area contributed by atoms with Crippen LogP contribution < -0.4 is 10.6 Å². The van der Waals surface area contributed by atoms with Gasteiger partial charge in [0, 0.05) is 24.3 Å². The van der Waals surface area contributed by atoms with Crippen LogP contribution in [0.25, 0.3) is 0 Å². The van der Waals surface area contributed by atoms with Crippen molar-refractivity contribution >= 4 is 11.5 Å². The first-order chi connectivity index (χ1) is 9.65. The number of nitrogens with two attached hydrogens (primary N) is 1. The predicted octanol–water partition coefficient (Wildman–Crippen LogP) is 3.19. The van der Waals surface area contributed by atoms with E-state index in [0.29, 0.717) is 6.04 Å². The zero-order chi connectivity index (χ0) is 14.5. The molecule has 110 valence electrons. The van der Waals surface area contributed by atoms with E-state index in [2.05, 4.69) is 30.1 Å². The molecular weight excluding hydrogens is 250 g/mol. The average Bonchev–Trinajstić information content (AvgIpc) is 2.53. The highest BCUT2D eigenvalue weighted by Gasteiger charge is 2.23. The fourth-order valence-electron chi connectivity index (χ4n) is 3.09. The molecule has 0 bridgehead atoms. The molecule has 4 heteroatoms. The summed E-state index contributed by atoms with van der Waals surface area (Å²) >= 11 is 0. The van der Waals surface area contributed by atoms with Gasteiger partial charge in [-0.15, -0.1) is 0 Å². The predicted molar refractivity (Wildman–Crippen MR) is 83.4 cm³/mol. The van der Waals surface area contributed by atoms with E-state index >= 15 is 0 Å². The van der Waals surface area contributed by atoms with Crippen molar-refractivity contribution in [3.8, 4) is 0 Å². The quantitative estimate of drug-likeness (QED) is 0.384. The van der Waals surface area contributed by atoms with Crippen LogP contribution in [0, 0.1) is 5.92 Å². The number of oxime groups is 1. The molecule has 1 aliphatic carbocycles. The van der Waals surface area contributed by atoms with Crippen LogP contribution in [0.15, 0.2) is 29.4 Å². The van der Waals surface area contributed by atoms with Crippen LogP contribution in [-0.2, 0) is 0 Å². The molecule has 0 amide bonds. The molecule has 1 aromatic rings. The molecule has 0 aliphatic heterocycles. The van der Waals surface area contributed by atoms with Crippen molar-refractivity contribution in [1.29, 1.82) is 0 Å². The summed E-state index contributed by atoms with van der Waals surface area (Å²) in [7, 11) is 2.14. The highest BCUT2D eigenvalue weighted by atomic mass is 16.4. The second-order valence-corrected chi connectivity index (χ2v) is 5.73. The van der Waals surface area contributed by atoms with Gasteiger partial charge in [-0.3, -0.25) is 0 Å². The Kier molecular flexibility index (Phi) is 4.88. The van der Waals surface area contributed by atoms with E-state index in [-0.39, 0.29) is 5.84 Å². The second kappa shape index (κ2) is 6.64. The molecule has 20 heavy (non-hydrogen) atoms. The SMILES string of the molecule is CCC1CCC(N(C)c2cccc(C(N)=NO)c2)CC1. The normalized spacial score (nSPS) is 23.6. The Hall–Kier alpha value is -1.71. The summed E-state index contributed by atoms with van der Waals surface area (Å²) in [6.07, 6.45) is 6.46. The van der Waals surface area contributed by atoms with E-state index in [9.17, 15) is 0 Å². The van der Waals surface area contributed by atoms with Crippen molar-refractivity contribution < 1.29 is 5.21 Å². The Morgan fingerprint density at radius 3 is 2.65 bits per heavy atom. The number of hydrogen-bond donors (Lipinski definition) is 2. The fraction of sp³-hybridized carbons (Fsp3) is 0.562. The molecule has 1 aliphatic rings. The molecule has 0 atom stereocenters. The maximum Gasteiger partial charge on any atom is 0.170 e. The minimum atomic E-state index is 0.162. The monoisotopic (exact) mass is 275 g/mol.